The Labute approximate surface area is 105 Å². The molecule has 0 unspecified atom stereocenters. The van der Waals surface area contributed by atoms with Crippen molar-refractivity contribution < 1.29 is 4.39 Å². The Balaban J connectivity index is 1.87. The minimum absolute atomic E-state index is 0.171. The summed E-state index contributed by atoms with van der Waals surface area (Å²) in [6.45, 7) is 4.06. The van der Waals surface area contributed by atoms with Crippen LogP contribution in [-0.2, 0) is 6.54 Å². The lowest BCUT2D eigenvalue weighted by atomic mass is 9.70. The van der Waals surface area contributed by atoms with Crippen molar-refractivity contribution in [3.63, 3.8) is 0 Å². The average molecular weight is 286 g/mol. The molecule has 1 aliphatic rings. The van der Waals surface area contributed by atoms with Crippen LogP contribution in [0.2, 0.25) is 0 Å². The van der Waals surface area contributed by atoms with Gasteiger partial charge < -0.3 is 5.32 Å². The van der Waals surface area contributed by atoms with Gasteiger partial charge in [-0.3, -0.25) is 0 Å². The molecule has 0 bridgehead atoms. The van der Waals surface area contributed by atoms with E-state index in [9.17, 15) is 4.39 Å². The molecular weight excluding hydrogens is 269 g/mol. The first-order valence-electron chi connectivity index (χ1n) is 5.74. The fourth-order valence-corrected chi connectivity index (χ4v) is 2.52. The van der Waals surface area contributed by atoms with Crippen molar-refractivity contribution in [2.75, 3.05) is 6.54 Å². The Bertz CT molecular complexity index is 374. The van der Waals surface area contributed by atoms with Crippen LogP contribution in [0.3, 0.4) is 0 Å². The first-order chi connectivity index (χ1) is 7.59. The molecule has 1 aromatic carbocycles. The van der Waals surface area contributed by atoms with Gasteiger partial charge in [0.05, 0.1) is 0 Å². The monoisotopic (exact) mass is 285 g/mol. The largest absolute Gasteiger partial charge is 0.312 e. The third-order valence-electron chi connectivity index (χ3n) is 3.44. The van der Waals surface area contributed by atoms with Crippen LogP contribution in [0.15, 0.2) is 22.7 Å². The van der Waals surface area contributed by atoms with Gasteiger partial charge in [-0.25, -0.2) is 4.39 Å². The van der Waals surface area contributed by atoms with E-state index in [1.54, 1.807) is 12.1 Å². The normalized spacial score (nSPS) is 18.2. The van der Waals surface area contributed by atoms with E-state index in [0.29, 0.717) is 5.41 Å². The molecule has 88 valence electrons. The smallest absolute Gasteiger partial charge is 0.123 e. The zero-order valence-corrected chi connectivity index (χ0v) is 11.1. The maximum atomic E-state index is 13.0. The van der Waals surface area contributed by atoms with Gasteiger partial charge in [0.15, 0.2) is 0 Å². The van der Waals surface area contributed by atoms with Crippen LogP contribution in [0.5, 0.6) is 0 Å². The first kappa shape index (κ1) is 12.1. The zero-order chi connectivity index (χ0) is 11.6. The van der Waals surface area contributed by atoms with Crippen molar-refractivity contribution in [2.24, 2.45) is 5.41 Å². The maximum Gasteiger partial charge on any atom is 0.123 e. The highest BCUT2D eigenvalue weighted by Gasteiger charge is 2.30. The predicted octanol–water partition coefficient (Wildman–Crippen LogP) is 3.87. The van der Waals surface area contributed by atoms with E-state index in [4.69, 9.17) is 0 Å². The minimum atomic E-state index is -0.171. The molecule has 0 heterocycles. The summed E-state index contributed by atoms with van der Waals surface area (Å²) in [6, 6.07) is 4.82. The lowest BCUT2D eigenvalue weighted by Crippen LogP contribution is -2.37. The molecule has 0 spiro atoms. The molecule has 2 rings (SSSR count). The van der Waals surface area contributed by atoms with Crippen LogP contribution in [0.25, 0.3) is 0 Å². The van der Waals surface area contributed by atoms with Crippen molar-refractivity contribution in [3.05, 3.63) is 34.1 Å². The second kappa shape index (κ2) is 4.84. The van der Waals surface area contributed by atoms with Crippen molar-refractivity contribution >= 4 is 15.9 Å². The Morgan fingerprint density at radius 2 is 2.19 bits per heavy atom. The van der Waals surface area contributed by atoms with Gasteiger partial charge in [0.25, 0.3) is 0 Å². The molecule has 0 amide bonds. The standard InChI is InChI=1S/C13H17BrFN/c1-13(5-2-6-13)9-16-8-10-7-11(15)3-4-12(10)14/h3-4,7,16H,2,5-6,8-9H2,1H3. The van der Waals surface area contributed by atoms with E-state index in [2.05, 4.69) is 28.2 Å². The van der Waals surface area contributed by atoms with Gasteiger partial charge in [0, 0.05) is 17.6 Å². The summed E-state index contributed by atoms with van der Waals surface area (Å²) >= 11 is 3.44. The van der Waals surface area contributed by atoms with E-state index >= 15 is 0 Å². The highest BCUT2D eigenvalue weighted by atomic mass is 79.9. The summed E-state index contributed by atoms with van der Waals surface area (Å²) in [7, 11) is 0. The molecule has 1 aromatic rings. The van der Waals surface area contributed by atoms with Gasteiger partial charge in [0.2, 0.25) is 0 Å². The van der Waals surface area contributed by atoms with Crippen LogP contribution in [0.1, 0.15) is 31.7 Å². The molecule has 0 aliphatic heterocycles. The van der Waals surface area contributed by atoms with Crippen molar-refractivity contribution in [3.8, 4) is 0 Å². The summed E-state index contributed by atoms with van der Waals surface area (Å²) in [5.41, 5.74) is 1.46. The van der Waals surface area contributed by atoms with Gasteiger partial charge >= 0.3 is 0 Å². The van der Waals surface area contributed by atoms with Gasteiger partial charge in [0.1, 0.15) is 5.82 Å². The van der Waals surface area contributed by atoms with Gasteiger partial charge in [-0.2, -0.15) is 0 Å². The summed E-state index contributed by atoms with van der Waals surface area (Å²) in [5, 5.41) is 3.42. The zero-order valence-electron chi connectivity index (χ0n) is 9.52. The number of nitrogens with one attached hydrogen (secondary N) is 1. The van der Waals surface area contributed by atoms with Crippen LogP contribution in [0.4, 0.5) is 4.39 Å². The number of hydrogen-bond donors (Lipinski definition) is 1. The van der Waals surface area contributed by atoms with Crippen molar-refractivity contribution in [1.29, 1.82) is 0 Å². The van der Waals surface area contributed by atoms with Gasteiger partial charge in [-0.1, -0.05) is 29.3 Å². The predicted molar refractivity (Wildman–Crippen MR) is 67.8 cm³/mol. The number of halogens is 2. The molecule has 1 saturated carbocycles. The summed E-state index contributed by atoms with van der Waals surface area (Å²) in [5.74, 6) is -0.171. The summed E-state index contributed by atoms with van der Waals surface area (Å²) in [4.78, 5) is 0. The summed E-state index contributed by atoms with van der Waals surface area (Å²) in [6.07, 6.45) is 3.97. The molecule has 1 aliphatic carbocycles. The number of benzene rings is 1. The molecule has 0 saturated heterocycles. The molecule has 0 aromatic heterocycles. The van der Waals surface area contributed by atoms with Crippen molar-refractivity contribution in [2.45, 2.75) is 32.7 Å². The van der Waals surface area contributed by atoms with E-state index in [-0.39, 0.29) is 5.82 Å². The topological polar surface area (TPSA) is 12.0 Å². The Morgan fingerprint density at radius 1 is 1.44 bits per heavy atom. The second-order valence-corrected chi connectivity index (χ2v) is 5.86. The molecular formula is C13H17BrFN. The molecule has 1 nitrogen and oxygen atoms in total. The van der Waals surface area contributed by atoms with Crippen LogP contribution in [0, 0.1) is 11.2 Å². The van der Waals surface area contributed by atoms with Gasteiger partial charge in [-0.15, -0.1) is 0 Å². The molecule has 3 heteroatoms. The Morgan fingerprint density at radius 3 is 2.81 bits per heavy atom. The van der Waals surface area contributed by atoms with Gasteiger partial charge in [-0.05, 0) is 42.0 Å². The molecule has 1 fully saturated rings. The summed E-state index contributed by atoms with van der Waals surface area (Å²) < 4.78 is 14.0. The number of hydrogen-bond acceptors (Lipinski definition) is 1. The Hall–Kier alpha value is -0.410. The highest BCUT2D eigenvalue weighted by Crippen LogP contribution is 2.39. The van der Waals surface area contributed by atoms with E-state index < -0.39 is 0 Å². The SMILES string of the molecule is CC1(CNCc2cc(F)ccc2Br)CCC1. The molecule has 0 radical (unpaired) electrons. The van der Waals surface area contributed by atoms with Crippen LogP contribution >= 0.6 is 15.9 Å². The lowest BCUT2D eigenvalue weighted by Gasteiger charge is -2.38. The fraction of sp³-hybridized carbons (Fsp3) is 0.538. The fourth-order valence-electron chi connectivity index (χ4n) is 2.13. The van der Waals surface area contributed by atoms with E-state index in [0.717, 1.165) is 23.1 Å². The van der Waals surface area contributed by atoms with Crippen LogP contribution in [-0.4, -0.2) is 6.54 Å². The van der Waals surface area contributed by atoms with Crippen molar-refractivity contribution in [1.82, 2.24) is 5.32 Å². The third-order valence-corrected chi connectivity index (χ3v) is 4.21. The highest BCUT2D eigenvalue weighted by molar-refractivity contribution is 9.10. The molecule has 0 atom stereocenters. The van der Waals surface area contributed by atoms with Crippen LogP contribution < -0.4 is 5.32 Å². The maximum absolute atomic E-state index is 13.0. The number of rotatable bonds is 4. The average Bonchev–Trinajstić information content (AvgIpc) is 2.21. The molecule has 1 N–H and O–H groups in total. The minimum Gasteiger partial charge on any atom is -0.312 e. The van der Waals surface area contributed by atoms with E-state index in [1.807, 2.05) is 0 Å². The lowest BCUT2D eigenvalue weighted by molar-refractivity contribution is 0.156. The first-order valence-corrected chi connectivity index (χ1v) is 6.53. The molecule has 16 heavy (non-hydrogen) atoms. The second-order valence-electron chi connectivity index (χ2n) is 5.00. The quantitative estimate of drug-likeness (QED) is 0.886. The Kier molecular flexibility index (Phi) is 3.65. The third kappa shape index (κ3) is 2.83. The van der Waals surface area contributed by atoms with E-state index in [1.165, 1.54) is 25.3 Å².